The summed E-state index contributed by atoms with van der Waals surface area (Å²) >= 11 is 0. The molecule has 0 amide bonds. The van der Waals surface area contributed by atoms with Gasteiger partial charge in [0.15, 0.2) is 0 Å². The number of hydrogen-bond donors (Lipinski definition) is 2. The van der Waals surface area contributed by atoms with Crippen LogP contribution < -0.4 is 5.43 Å². The van der Waals surface area contributed by atoms with Crippen molar-refractivity contribution >= 4 is 0 Å². The average molecular weight is 130 g/mol. The first kappa shape index (κ1) is 6.99. The van der Waals surface area contributed by atoms with Crippen LogP contribution in [0.15, 0.2) is 0 Å². The Kier molecular flexibility index (Phi) is 2.45. The largest absolute Gasteiger partial charge is 0.380 e. The molecular formula is C6H14N2O. The van der Waals surface area contributed by atoms with E-state index in [0.29, 0.717) is 6.04 Å². The molecule has 0 saturated carbocycles. The molecule has 1 atom stereocenters. The van der Waals surface area contributed by atoms with Crippen LogP contribution in [-0.4, -0.2) is 29.4 Å². The van der Waals surface area contributed by atoms with Gasteiger partial charge in [-0.15, -0.1) is 0 Å². The van der Waals surface area contributed by atoms with Crippen LogP contribution in [-0.2, 0) is 0 Å². The van der Waals surface area contributed by atoms with Gasteiger partial charge in [-0.1, -0.05) is 0 Å². The van der Waals surface area contributed by atoms with Crippen molar-refractivity contribution in [3.63, 3.8) is 0 Å². The molecule has 2 N–H and O–H groups in total. The van der Waals surface area contributed by atoms with Crippen LogP contribution in [0.4, 0.5) is 0 Å². The molecule has 3 nitrogen and oxygen atoms in total. The van der Waals surface area contributed by atoms with Crippen molar-refractivity contribution < 1.29 is 5.11 Å². The second-order valence-corrected chi connectivity index (χ2v) is 2.58. The second kappa shape index (κ2) is 3.15. The Morgan fingerprint density at radius 1 is 1.78 bits per heavy atom. The Hall–Kier alpha value is -0.120. The summed E-state index contributed by atoms with van der Waals surface area (Å²) in [4.78, 5) is 0. The lowest BCUT2D eigenvalue weighted by Gasteiger charge is -2.30. The van der Waals surface area contributed by atoms with E-state index in [9.17, 15) is 0 Å². The Balaban J connectivity index is 2.23. The SMILES string of the molecule is C[C@@H]1CCCN(CO)N1. The topological polar surface area (TPSA) is 35.5 Å². The lowest BCUT2D eigenvalue weighted by molar-refractivity contribution is 0.0253. The molecule has 0 radical (unpaired) electrons. The molecule has 1 rings (SSSR count). The summed E-state index contributed by atoms with van der Waals surface area (Å²) in [5.74, 6) is 0. The van der Waals surface area contributed by atoms with Crippen molar-refractivity contribution in [2.24, 2.45) is 0 Å². The number of hydrogen-bond acceptors (Lipinski definition) is 3. The fraction of sp³-hybridized carbons (Fsp3) is 1.00. The minimum Gasteiger partial charge on any atom is -0.380 e. The zero-order valence-corrected chi connectivity index (χ0v) is 5.80. The highest BCUT2D eigenvalue weighted by atomic mass is 16.3. The average Bonchev–Trinajstić information content (AvgIpc) is 1.88. The van der Waals surface area contributed by atoms with Gasteiger partial charge in [-0.3, -0.25) is 5.43 Å². The molecule has 1 saturated heterocycles. The van der Waals surface area contributed by atoms with Gasteiger partial charge in [0, 0.05) is 12.6 Å². The van der Waals surface area contributed by atoms with E-state index in [-0.39, 0.29) is 6.73 Å². The lowest BCUT2D eigenvalue weighted by atomic mass is 10.1. The first-order chi connectivity index (χ1) is 4.33. The Bertz CT molecular complexity index is 87.1. The van der Waals surface area contributed by atoms with Gasteiger partial charge in [-0.25, -0.2) is 5.01 Å². The van der Waals surface area contributed by atoms with Gasteiger partial charge in [0.1, 0.15) is 6.73 Å². The van der Waals surface area contributed by atoms with Crippen LogP contribution in [0.5, 0.6) is 0 Å². The molecule has 0 aromatic carbocycles. The van der Waals surface area contributed by atoms with Crippen molar-refractivity contribution in [3.8, 4) is 0 Å². The second-order valence-electron chi connectivity index (χ2n) is 2.58. The molecule has 0 aromatic rings. The van der Waals surface area contributed by atoms with E-state index >= 15 is 0 Å². The molecule has 54 valence electrons. The van der Waals surface area contributed by atoms with Crippen molar-refractivity contribution in [2.75, 3.05) is 13.3 Å². The molecule has 3 heteroatoms. The van der Waals surface area contributed by atoms with Gasteiger partial charge in [0.2, 0.25) is 0 Å². The van der Waals surface area contributed by atoms with E-state index in [2.05, 4.69) is 12.3 Å². The molecule has 0 aliphatic carbocycles. The quantitative estimate of drug-likeness (QED) is 0.521. The first-order valence-corrected chi connectivity index (χ1v) is 3.45. The van der Waals surface area contributed by atoms with Gasteiger partial charge in [0.05, 0.1) is 0 Å². The Morgan fingerprint density at radius 2 is 2.56 bits per heavy atom. The molecule has 0 bridgehead atoms. The van der Waals surface area contributed by atoms with E-state index in [4.69, 9.17) is 5.11 Å². The summed E-state index contributed by atoms with van der Waals surface area (Å²) < 4.78 is 0. The van der Waals surface area contributed by atoms with Gasteiger partial charge < -0.3 is 5.11 Å². The highest BCUT2D eigenvalue weighted by Crippen LogP contribution is 2.04. The normalized spacial score (nSPS) is 30.7. The van der Waals surface area contributed by atoms with E-state index in [0.717, 1.165) is 6.54 Å². The van der Waals surface area contributed by atoms with Gasteiger partial charge in [-0.2, -0.15) is 0 Å². The van der Waals surface area contributed by atoms with Crippen molar-refractivity contribution in [1.29, 1.82) is 0 Å². The molecule has 0 unspecified atom stereocenters. The van der Waals surface area contributed by atoms with Crippen molar-refractivity contribution in [3.05, 3.63) is 0 Å². The summed E-state index contributed by atoms with van der Waals surface area (Å²) in [6.07, 6.45) is 2.41. The van der Waals surface area contributed by atoms with Gasteiger partial charge >= 0.3 is 0 Å². The van der Waals surface area contributed by atoms with Crippen LogP contribution >= 0.6 is 0 Å². The number of nitrogens with zero attached hydrogens (tertiary/aromatic N) is 1. The van der Waals surface area contributed by atoms with E-state index < -0.39 is 0 Å². The third-order valence-electron chi connectivity index (χ3n) is 1.64. The number of aliphatic hydroxyl groups is 1. The van der Waals surface area contributed by atoms with Crippen molar-refractivity contribution in [1.82, 2.24) is 10.4 Å². The summed E-state index contributed by atoms with van der Waals surface area (Å²) in [6.45, 7) is 3.23. The monoisotopic (exact) mass is 130 g/mol. The Morgan fingerprint density at radius 3 is 3.00 bits per heavy atom. The number of rotatable bonds is 1. The zero-order valence-electron chi connectivity index (χ0n) is 5.80. The Labute approximate surface area is 55.6 Å². The van der Waals surface area contributed by atoms with E-state index in [1.165, 1.54) is 12.8 Å². The van der Waals surface area contributed by atoms with Crippen LogP contribution in [0.3, 0.4) is 0 Å². The molecule has 1 aliphatic rings. The zero-order chi connectivity index (χ0) is 6.69. The van der Waals surface area contributed by atoms with Gasteiger partial charge in [-0.05, 0) is 19.8 Å². The van der Waals surface area contributed by atoms with E-state index in [1.807, 2.05) is 5.01 Å². The van der Waals surface area contributed by atoms with E-state index in [1.54, 1.807) is 0 Å². The smallest absolute Gasteiger partial charge is 0.108 e. The molecule has 0 aromatic heterocycles. The molecule has 0 spiro atoms. The van der Waals surface area contributed by atoms with Crippen LogP contribution in [0.2, 0.25) is 0 Å². The third-order valence-corrected chi connectivity index (χ3v) is 1.64. The lowest BCUT2D eigenvalue weighted by Crippen LogP contribution is -2.48. The fourth-order valence-corrected chi connectivity index (χ4v) is 1.14. The van der Waals surface area contributed by atoms with Crippen LogP contribution in [0.1, 0.15) is 19.8 Å². The number of nitrogens with one attached hydrogen (secondary N) is 1. The molecule has 1 aliphatic heterocycles. The molecule has 1 fully saturated rings. The maximum Gasteiger partial charge on any atom is 0.108 e. The minimum absolute atomic E-state index is 0.129. The number of aliphatic hydroxyl groups excluding tert-OH is 1. The summed E-state index contributed by atoms with van der Waals surface area (Å²) in [5, 5.41) is 10.5. The predicted octanol–water partition coefficient (Wildman–Crippen LogP) is -0.0749. The fourth-order valence-electron chi connectivity index (χ4n) is 1.14. The first-order valence-electron chi connectivity index (χ1n) is 3.45. The summed E-state index contributed by atoms with van der Waals surface area (Å²) in [6, 6.07) is 0.533. The third kappa shape index (κ3) is 1.93. The number of hydrazine groups is 1. The maximum absolute atomic E-state index is 8.67. The highest BCUT2D eigenvalue weighted by Gasteiger charge is 2.12. The summed E-state index contributed by atoms with van der Waals surface area (Å²) in [5.41, 5.74) is 3.15. The molecule has 9 heavy (non-hydrogen) atoms. The minimum atomic E-state index is 0.129. The maximum atomic E-state index is 8.67. The molecule has 1 heterocycles. The van der Waals surface area contributed by atoms with Crippen molar-refractivity contribution in [2.45, 2.75) is 25.8 Å². The standard InChI is InChI=1S/C6H14N2O/c1-6-3-2-4-8(5-9)7-6/h6-7,9H,2-5H2,1H3/t6-/m1/s1. The summed E-state index contributed by atoms with van der Waals surface area (Å²) in [7, 11) is 0. The predicted molar refractivity (Wildman–Crippen MR) is 35.6 cm³/mol. The molecular weight excluding hydrogens is 116 g/mol. The van der Waals surface area contributed by atoms with Crippen LogP contribution in [0.25, 0.3) is 0 Å². The van der Waals surface area contributed by atoms with Crippen LogP contribution in [0, 0.1) is 0 Å². The highest BCUT2D eigenvalue weighted by molar-refractivity contribution is 4.65. The van der Waals surface area contributed by atoms with Gasteiger partial charge in [0.25, 0.3) is 0 Å².